The summed E-state index contributed by atoms with van der Waals surface area (Å²) in [6.45, 7) is 7.89. The number of carbonyl (C=O) groups excluding carboxylic acids is 1. The first-order valence-electron chi connectivity index (χ1n) is 7.03. The number of carbonyl (C=O) groups is 1. The summed E-state index contributed by atoms with van der Waals surface area (Å²) in [4.78, 5) is 11.4. The molecule has 0 aliphatic carbocycles. The van der Waals surface area contributed by atoms with Crippen molar-refractivity contribution < 1.29 is 13.9 Å². The van der Waals surface area contributed by atoms with Gasteiger partial charge in [-0.05, 0) is 61.9 Å². The SMILES string of the molecule is CCOC(=O)CC(C)CC(N)c1c(C)cc(F)cc1C. The second kappa shape index (κ2) is 7.39. The van der Waals surface area contributed by atoms with Gasteiger partial charge in [0.05, 0.1) is 6.61 Å². The van der Waals surface area contributed by atoms with Crippen LogP contribution in [0.4, 0.5) is 4.39 Å². The summed E-state index contributed by atoms with van der Waals surface area (Å²) >= 11 is 0. The molecule has 2 N–H and O–H groups in total. The number of benzene rings is 1. The van der Waals surface area contributed by atoms with Crippen LogP contribution in [0.25, 0.3) is 0 Å². The zero-order valence-corrected chi connectivity index (χ0v) is 12.7. The van der Waals surface area contributed by atoms with Gasteiger partial charge in [0.1, 0.15) is 5.82 Å². The molecule has 2 unspecified atom stereocenters. The van der Waals surface area contributed by atoms with Crippen LogP contribution in [0.5, 0.6) is 0 Å². The molecule has 0 aromatic heterocycles. The van der Waals surface area contributed by atoms with Crippen LogP contribution in [0.2, 0.25) is 0 Å². The van der Waals surface area contributed by atoms with Crippen LogP contribution in [-0.4, -0.2) is 12.6 Å². The molecule has 4 heteroatoms. The lowest BCUT2D eigenvalue weighted by atomic mass is 9.89. The molecule has 0 amide bonds. The Labute approximate surface area is 120 Å². The summed E-state index contributed by atoms with van der Waals surface area (Å²) < 4.78 is 18.2. The molecule has 1 aromatic rings. The van der Waals surface area contributed by atoms with Crippen LogP contribution >= 0.6 is 0 Å². The minimum Gasteiger partial charge on any atom is -0.466 e. The third-order valence-corrected chi connectivity index (χ3v) is 3.41. The van der Waals surface area contributed by atoms with Crippen molar-refractivity contribution in [2.45, 2.75) is 46.6 Å². The van der Waals surface area contributed by atoms with Crippen molar-refractivity contribution in [3.8, 4) is 0 Å². The van der Waals surface area contributed by atoms with Crippen LogP contribution in [-0.2, 0) is 9.53 Å². The van der Waals surface area contributed by atoms with Crippen molar-refractivity contribution in [2.75, 3.05) is 6.61 Å². The van der Waals surface area contributed by atoms with Gasteiger partial charge in [-0.25, -0.2) is 4.39 Å². The molecule has 0 saturated heterocycles. The zero-order chi connectivity index (χ0) is 15.3. The first-order valence-corrected chi connectivity index (χ1v) is 7.03. The topological polar surface area (TPSA) is 52.3 Å². The highest BCUT2D eigenvalue weighted by atomic mass is 19.1. The highest BCUT2D eigenvalue weighted by Crippen LogP contribution is 2.27. The average Bonchev–Trinajstić information content (AvgIpc) is 2.26. The molecular weight excluding hydrogens is 257 g/mol. The van der Waals surface area contributed by atoms with Gasteiger partial charge >= 0.3 is 5.97 Å². The minimum absolute atomic E-state index is 0.132. The number of esters is 1. The van der Waals surface area contributed by atoms with E-state index in [0.717, 1.165) is 16.7 Å². The van der Waals surface area contributed by atoms with Crippen molar-refractivity contribution in [1.82, 2.24) is 0 Å². The van der Waals surface area contributed by atoms with E-state index in [0.29, 0.717) is 19.4 Å². The molecule has 0 aliphatic rings. The fraction of sp³-hybridized carbons (Fsp3) is 0.562. The van der Waals surface area contributed by atoms with Gasteiger partial charge in [0.15, 0.2) is 0 Å². The Bertz CT molecular complexity index is 451. The second-order valence-corrected chi connectivity index (χ2v) is 5.41. The molecule has 0 spiro atoms. The quantitative estimate of drug-likeness (QED) is 0.813. The number of aryl methyl sites for hydroxylation is 2. The summed E-state index contributed by atoms with van der Waals surface area (Å²) in [5.41, 5.74) is 8.92. The lowest BCUT2D eigenvalue weighted by Gasteiger charge is -2.21. The number of hydrogen-bond acceptors (Lipinski definition) is 3. The Balaban J connectivity index is 2.71. The maximum absolute atomic E-state index is 13.3. The van der Waals surface area contributed by atoms with Crippen LogP contribution in [0.15, 0.2) is 12.1 Å². The maximum atomic E-state index is 13.3. The largest absolute Gasteiger partial charge is 0.466 e. The summed E-state index contributed by atoms with van der Waals surface area (Å²) in [5, 5.41) is 0. The number of hydrogen-bond donors (Lipinski definition) is 1. The molecule has 20 heavy (non-hydrogen) atoms. The van der Waals surface area contributed by atoms with Crippen LogP contribution in [0.1, 0.15) is 49.4 Å². The van der Waals surface area contributed by atoms with Gasteiger partial charge < -0.3 is 10.5 Å². The van der Waals surface area contributed by atoms with Crippen molar-refractivity contribution >= 4 is 5.97 Å². The third-order valence-electron chi connectivity index (χ3n) is 3.41. The standard InChI is InChI=1S/C16H24FNO2/c1-5-20-15(19)7-10(2)6-14(18)16-11(3)8-13(17)9-12(16)4/h8-10,14H,5-7,18H2,1-4H3. The molecule has 0 fully saturated rings. The summed E-state index contributed by atoms with van der Waals surface area (Å²) in [7, 11) is 0. The van der Waals surface area contributed by atoms with Crippen LogP contribution < -0.4 is 5.73 Å². The van der Waals surface area contributed by atoms with E-state index >= 15 is 0 Å². The third kappa shape index (κ3) is 4.60. The zero-order valence-electron chi connectivity index (χ0n) is 12.7. The van der Waals surface area contributed by atoms with Crippen molar-refractivity contribution in [3.05, 3.63) is 34.6 Å². The van der Waals surface area contributed by atoms with Gasteiger partial charge in [-0.15, -0.1) is 0 Å². The first-order chi connectivity index (χ1) is 9.35. The molecule has 112 valence electrons. The first kappa shape index (κ1) is 16.6. The van der Waals surface area contributed by atoms with E-state index in [4.69, 9.17) is 10.5 Å². The molecule has 1 rings (SSSR count). The van der Waals surface area contributed by atoms with Crippen LogP contribution in [0, 0.1) is 25.6 Å². The summed E-state index contributed by atoms with van der Waals surface area (Å²) in [5.74, 6) is -0.303. The van der Waals surface area contributed by atoms with E-state index in [-0.39, 0.29) is 23.7 Å². The summed E-state index contributed by atoms with van der Waals surface area (Å²) in [6.07, 6.45) is 1.03. The normalized spacial score (nSPS) is 13.9. The van der Waals surface area contributed by atoms with E-state index in [9.17, 15) is 9.18 Å². The Hall–Kier alpha value is -1.42. The minimum atomic E-state index is -0.240. The number of nitrogens with two attached hydrogens (primary N) is 1. The molecule has 3 nitrogen and oxygen atoms in total. The fourth-order valence-corrected chi connectivity index (χ4v) is 2.65. The number of halogens is 1. The van der Waals surface area contributed by atoms with Gasteiger partial charge in [0, 0.05) is 12.5 Å². The van der Waals surface area contributed by atoms with Crippen molar-refractivity contribution in [1.29, 1.82) is 0 Å². The van der Waals surface area contributed by atoms with Gasteiger partial charge in [0.2, 0.25) is 0 Å². The molecule has 0 bridgehead atoms. The molecule has 0 aliphatic heterocycles. The average molecular weight is 281 g/mol. The Morgan fingerprint density at radius 1 is 1.35 bits per heavy atom. The number of ether oxygens (including phenoxy) is 1. The molecule has 2 atom stereocenters. The highest BCUT2D eigenvalue weighted by molar-refractivity contribution is 5.69. The van der Waals surface area contributed by atoms with E-state index < -0.39 is 0 Å². The summed E-state index contributed by atoms with van der Waals surface area (Å²) in [6, 6.07) is 2.80. The molecule has 0 heterocycles. The second-order valence-electron chi connectivity index (χ2n) is 5.41. The van der Waals surface area contributed by atoms with Gasteiger partial charge in [-0.1, -0.05) is 6.92 Å². The molecule has 1 aromatic carbocycles. The van der Waals surface area contributed by atoms with Gasteiger partial charge in [-0.2, -0.15) is 0 Å². The fourth-order valence-electron chi connectivity index (χ4n) is 2.65. The van der Waals surface area contributed by atoms with E-state index in [1.165, 1.54) is 12.1 Å². The predicted octanol–water partition coefficient (Wildman–Crippen LogP) is 3.42. The Morgan fingerprint density at radius 2 is 1.90 bits per heavy atom. The maximum Gasteiger partial charge on any atom is 0.306 e. The smallest absolute Gasteiger partial charge is 0.306 e. The van der Waals surface area contributed by atoms with E-state index in [1.54, 1.807) is 6.92 Å². The van der Waals surface area contributed by atoms with Crippen LogP contribution in [0.3, 0.4) is 0 Å². The number of rotatable bonds is 6. The monoisotopic (exact) mass is 281 g/mol. The Kier molecular flexibility index (Phi) is 6.14. The van der Waals surface area contributed by atoms with Gasteiger partial charge in [0.25, 0.3) is 0 Å². The Morgan fingerprint density at radius 3 is 2.40 bits per heavy atom. The lowest BCUT2D eigenvalue weighted by Crippen LogP contribution is -2.19. The van der Waals surface area contributed by atoms with E-state index in [1.807, 2.05) is 20.8 Å². The van der Waals surface area contributed by atoms with Crippen molar-refractivity contribution in [2.24, 2.45) is 11.7 Å². The highest BCUT2D eigenvalue weighted by Gasteiger charge is 2.18. The molecule has 0 saturated carbocycles. The molecular formula is C16H24FNO2. The lowest BCUT2D eigenvalue weighted by molar-refractivity contribution is -0.144. The van der Waals surface area contributed by atoms with Gasteiger partial charge in [-0.3, -0.25) is 4.79 Å². The predicted molar refractivity (Wildman–Crippen MR) is 77.8 cm³/mol. The molecule has 0 radical (unpaired) electrons. The van der Waals surface area contributed by atoms with Crippen molar-refractivity contribution in [3.63, 3.8) is 0 Å². The van der Waals surface area contributed by atoms with E-state index in [2.05, 4.69) is 0 Å².